The van der Waals surface area contributed by atoms with Gasteiger partial charge in [-0.1, -0.05) is 18.9 Å². The van der Waals surface area contributed by atoms with Crippen molar-refractivity contribution in [3.8, 4) is 34.1 Å². The third-order valence-corrected chi connectivity index (χ3v) is 7.72. The van der Waals surface area contributed by atoms with Crippen molar-refractivity contribution in [1.82, 2.24) is 9.80 Å². The van der Waals surface area contributed by atoms with Crippen LogP contribution in [-0.2, 0) is 13.1 Å². The van der Waals surface area contributed by atoms with Crippen LogP contribution < -0.4 is 14.9 Å². The van der Waals surface area contributed by atoms with Gasteiger partial charge < -0.3 is 24.1 Å². The number of benzene rings is 2. The average molecular weight is 509 g/mol. The Hall–Kier alpha value is -3.23. The normalized spacial score (nSPS) is 17.2. The molecule has 2 fully saturated rings. The molecular formula is C29H36N2O6. The third-order valence-electron chi connectivity index (χ3n) is 7.72. The van der Waals surface area contributed by atoms with Crippen LogP contribution >= 0.6 is 0 Å². The van der Waals surface area contributed by atoms with Crippen molar-refractivity contribution >= 4 is 11.0 Å². The number of hydrogen-bond donors (Lipinski definition) is 2. The number of ether oxygens (including phenoxy) is 2. The van der Waals surface area contributed by atoms with Crippen molar-refractivity contribution in [3.63, 3.8) is 0 Å². The first kappa shape index (κ1) is 25.4. The Bertz CT molecular complexity index is 1320. The number of aromatic hydroxyl groups is 2. The molecule has 2 aromatic carbocycles. The highest BCUT2D eigenvalue weighted by molar-refractivity contribution is 5.92. The maximum Gasteiger partial charge on any atom is 0.204 e. The van der Waals surface area contributed by atoms with E-state index in [0.717, 1.165) is 51.9 Å². The second-order valence-electron chi connectivity index (χ2n) is 10.1. The molecule has 8 nitrogen and oxygen atoms in total. The molecule has 0 unspecified atom stereocenters. The molecule has 37 heavy (non-hydrogen) atoms. The number of rotatable bonds is 7. The number of hydrogen-bond acceptors (Lipinski definition) is 8. The lowest BCUT2D eigenvalue weighted by Crippen LogP contribution is -2.30. The van der Waals surface area contributed by atoms with Crippen LogP contribution in [0, 0.1) is 0 Å². The van der Waals surface area contributed by atoms with Gasteiger partial charge in [-0.05, 0) is 69.6 Å². The van der Waals surface area contributed by atoms with Crippen LogP contribution in [0.2, 0.25) is 0 Å². The maximum atomic E-state index is 13.9. The van der Waals surface area contributed by atoms with Gasteiger partial charge in [0.15, 0.2) is 11.5 Å². The molecule has 8 heteroatoms. The SMILES string of the molecule is COc1ccc(-c2coc3c(CN4CCCCC4)c(O)c(CN4CCCCC4)c(O)c3c2=O)cc1OC. The number of piperidine rings is 2. The first-order valence-electron chi connectivity index (χ1n) is 13.2. The fourth-order valence-electron chi connectivity index (χ4n) is 5.64. The van der Waals surface area contributed by atoms with Crippen LogP contribution in [0.5, 0.6) is 23.0 Å². The molecule has 5 rings (SSSR count). The van der Waals surface area contributed by atoms with Gasteiger partial charge >= 0.3 is 0 Å². The van der Waals surface area contributed by atoms with Crippen molar-refractivity contribution in [2.45, 2.75) is 51.6 Å². The van der Waals surface area contributed by atoms with E-state index < -0.39 is 0 Å². The minimum Gasteiger partial charge on any atom is -0.507 e. The van der Waals surface area contributed by atoms with Crippen LogP contribution in [0.1, 0.15) is 49.7 Å². The van der Waals surface area contributed by atoms with Crippen molar-refractivity contribution in [2.75, 3.05) is 40.4 Å². The zero-order valence-corrected chi connectivity index (χ0v) is 21.7. The summed E-state index contributed by atoms with van der Waals surface area (Å²) in [4.78, 5) is 18.4. The topological polar surface area (TPSA) is 95.6 Å². The van der Waals surface area contributed by atoms with Crippen LogP contribution in [0.3, 0.4) is 0 Å². The van der Waals surface area contributed by atoms with Gasteiger partial charge in [0.2, 0.25) is 5.43 Å². The molecular weight excluding hydrogens is 472 g/mol. The Morgan fingerprint density at radius 2 is 1.41 bits per heavy atom. The van der Waals surface area contributed by atoms with E-state index in [1.807, 2.05) is 0 Å². The Balaban J connectivity index is 1.67. The van der Waals surface area contributed by atoms with E-state index in [2.05, 4.69) is 9.80 Å². The summed E-state index contributed by atoms with van der Waals surface area (Å²) >= 11 is 0. The summed E-state index contributed by atoms with van der Waals surface area (Å²) in [5.41, 5.74) is 1.78. The van der Waals surface area contributed by atoms with Crippen molar-refractivity contribution in [3.05, 3.63) is 45.8 Å². The molecule has 0 saturated carbocycles. The lowest BCUT2D eigenvalue weighted by atomic mass is 9.97. The Labute approximate surface area is 217 Å². The van der Waals surface area contributed by atoms with Crippen LogP contribution in [-0.4, -0.2) is 60.4 Å². The number of fused-ring (bicyclic) bond motifs is 1. The van der Waals surface area contributed by atoms with Gasteiger partial charge in [-0.15, -0.1) is 0 Å². The smallest absolute Gasteiger partial charge is 0.204 e. The Morgan fingerprint density at radius 1 is 0.811 bits per heavy atom. The predicted molar refractivity (Wildman–Crippen MR) is 143 cm³/mol. The van der Waals surface area contributed by atoms with Crippen molar-refractivity contribution in [1.29, 1.82) is 0 Å². The lowest BCUT2D eigenvalue weighted by molar-refractivity contribution is 0.211. The standard InChI is InChI=1S/C29H36N2O6/c1-35-23-10-9-19(15-24(23)36-2)22-18-37-29-21(17-31-13-7-4-8-14-31)26(32)20(27(33)25(29)28(22)34)16-30-11-5-3-6-12-30/h9-10,15,18,32-33H,3-8,11-14,16-17H2,1-2H3. The van der Waals surface area contributed by atoms with Gasteiger partial charge in [-0.3, -0.25) is 14.6 Å². The van der Waals surface area contributed by atoms with Gasteiger partial charge in [0.1, 0.15) is 28.7 Å². The molecule has 0 bridgehead atoms. The third kappa shape index (κ3) is 5.00. The zero-order chi connectivity index (χ0) is 25.9. The summed E-state index contributed by atoms with van der Waals surface area (Å²) in [6, 6.07) is 5.22. The fraction of sp³-hybridized carbons (Fsp3) is 0.483. The minimum absolute atomic E-state index is 0.0307. The molecule has 1 aromatic heterocycles. The van der Waals surface area contributed by atoms with E-state index in [0.29, 0.717) is 46.8 Å². The summed E-state index contributed by atoms with van der Waals surface area (Å²) in [6.07, 6.45) is 8.17. The fourth-order valence-corrected chi connectivity index (χ4v) is 5.64. The number of nitrogens with zero attached hydrogens (tertiary/aromatic N) is 2. The van der Waals surface area contributed by atoms with Crippen LogP contribution in [0.15, 0.2) is 33.7 Å². The molecule has 0 spiro atoms. The molecule has 3 heterocycles. The first-order chi connectivity index (χ1) is 18.0. The van der Waals surface area contributed by atoms with E-state index >= 15 is 0 Å². The quantitative estimate of drug-likeness (QED) is 0.467. The minimum atomic E-state index is -0.342. The second-order valence-corrected chi connectivity index (χ2v) is 10.1. The van der Waals surface area contributed by atoms with Crippen LogP contribution in [0.4, 0.5) is 0 Å². The van der Waals surface area contributed by atoms with E-state index in [1.54, 1.807) is 32.4 Å². The van der Waals surface area contributed by atoms with Gasteiger partial charge in [0.05, 0.1) is 30.9 Å². The van der Waals surface area contributed by atoms with E-state index in [4.69, 9.17) is 13.9 Å². The molecule has 2 saturated heterocycles. The summed E-state index contributed by atoms with van der Waals surface area (Å²) < 4.78 is 16.8. The molecule has 3 aromatic rings. The lowest BCUT2D eigenvalue weighted by Gasteiger charge is -2.29. The highest BCUT2D eigenvalue weighted by Gasteiger charge is 2.27. The predicted octanol–water partition coefficient (Wildman–Crippen LogP) is 4.86. The molecule has 0 radical (unpaired) electrons. The maximum absolute atomic E-state index is 13.9. The highest BCUT2D eigenvalue weighted by Crippen LogP contribution is 2.41. The summed E-state index contributed by atoms with van der Waals surface area (Å²) in [5.74, 6) is 0.877. The van der Waals surface area contributed by atoms with Crippen molar-refractivity contribution < 1.29 is 24.1 Å². The Morgan fingerprint density at radius 3 is 2.00 bits per heavy atom. The number of phenolic OH excluding ortho intramolecular Hbond substituents is 2. The van der Waals surface area contributed by atoms with Gasteiger partial charge in [-0.25, -0.2) is 0 Å². The summed E-state index contributed by atoms with van der Waals surface area (Å²) in [5, 5.41) is 23.0. The molecule has 0 amide bonds. The second kappa shape index (κ2) is 11.0. The molecule has 0 aliphatic carbocycles. The zero-order valence-electron chi connectivity index (χ0n) is 21.7. The van der Waals surface area contributed by atoms with E-state index in [1.165, 1.54) is 19.1 Å². The first-order valence-corrected chi connectivity index (χ1v) is 13.2. The number of phenols is 2. The summed E-state index contributed by atoms with van der Waals surface area (Å²) in [6.45, 7) is 4.51. The molecule has 2 aliphatic heterocycles. The van der Waals surface area contributed by atoms with E-state index in [9.17, 15) is 15.0 Å². The van der Waals surface area contributed by atoms with Crippen LogP contribution in [0.25, 0.3) is 22.1 Å². The molecule has 198 valence electrons. The monoisotopic (exact) mass is 508 g/mol. The molecule has 2 aliphatic rings. The van der Waals surface area contributed by atoms with Gasteiger partial charge in [0.25, 0.3) is 0 Å². The summed E-state index contributed by atoms with van der Waals surface area (Å²) in [7, 11) is 3.10. The molecule has 0 atom stereocenters. The van der Waals surface area contributed by atoms with E-state index in [-0.39, 0.29) is 27.9 Å². The van der Waals surface area contributed by atoms with Gasteiger partial charge in [0, 0.05) is 13.1 Å². The number of likely N-dealkylation sites (tertiary alicyclic amines) is 2. The van der Waals surface area contributed by atoms with Crippen molar-refractivity contribution in [2.24, 2.45) is 0 Å². The Kier molecular flexibility index (Phi) is 7.58. The highest BCUT2D eigenvalue weighted by atomic mass is 16.5. The largest absolute Gasteiger partial charge is 0.507 e. The molecule has 2 N–H and O–H groups in total. The van der Waals surface area contributed by atoms with Gasteiger partial charge in [-0.2, -0.15) is 0 Å². The number of methoxy groups -OCH3 is 2. The average Bonchev–Trinajstić information content (AvgIpc) is 2.94.